The number of benzene rings is 2. The fourth-order valence-electron chi connectivity index (χ4n) is 2.71. The van der Waals surface area contributed by atoms with Crippen LogP contribution in [0, 0.1) is 0 Å². The van der Waals surface area contributed by atoms with E-state index in [0.29, 0.717) is 16.1 Å². The second-order valence-corrected chi connectivity index (χ2v) is 7.20. The largest absolute Gasteiger partial charge is 0.504 e. The molecular weight excluding hydrogens is 364 g/mol. The molecule has 1 atom stereocenters. The third kappa shape index (κ3) is 3.83. The summed E-state index contributed by atoms with van der Waals surface area (Å²) >= 11 is 1.19. The molecule has 0 aliphatic carbocycles. The number of thioether (sulfide) groups is 1. The Balaban J connectivity index is 1.94. The van der Waals surface area contributed by atoms with E-state index in [1.54, 1.807) is 22.8 Å². The Morgan fingerprint density at radius 3 is 2.63 bits per heavy atom. The van der Waals surface area contributed by atoms with Crippen LogP contribution in [0.4, 0.5) is 0 Å². The number of fused-ring (bicyclic) bond motifs is 1. The lowest BCUT2D eigenvalue weighted by molar-refractivity contribution is 0.102. The van der Waals surface area contributed by atoms with Crippen LogP contribution < -0.4 is 5.56 Å². The Morgan fingerprint density at radius 2 is 1.93 bits per heavy atom. The van der Waals surface area contributed by atoms with Crippen molar-refractivity contribution in [3.05, 3.63) is 58.4 Å². The molecule has 0 spiro atoms. The van der Waals surface area contributed by atoms with E-state index in [4.69, 9.17) is 0 Å². The van der Waals surface area contributed by atoms with Crippen molar-refractivity contribution in [2.24, 2.45) is 0 Å². The predicted molar refractivity (Wildman–Crippen MR) is 106 cm³/mol. The van der Waals surface area contributed by atoms with Crippen molar-refractivity contribution in [2.75, 3.05) is 5.75 Å². The fraction of sp³-hybridized carbons (Fsp3) is 0.250. The van der Waals surface area contributed by atoms with Crippen LogP contribution in [0.15, 0.2) is 52.4 Å². The number of ketones is 1. The highest BCUT2D eigenvalue weighted by Crippen LogP contribution is 2.27. The Labute approximate surface area is 160 Å². The van der Waals surface area contributed by atoms with Gasteiger partial charge in [0, 0.05) is 11.6 Å². The first-order chi connectivity index (χ1) is 12.9. The minimum Gasteiger partial charge on any atom is -0.504 e. The number of phenols is 2. The average Bonchev–Trinajstić information content (AvgIpc) is 2.67. The van der Waals surface area contributed by atoms with Crippen molar-refractivity contribution in [1.82, 2.24) is 9.55 Å². The molecular formula is C20H20N2O4S. The monoisotopic (exact) mass is 384 g/mol. The Morgan fingerprint density at radius 1 is 1.19 bits per heavy atom. The number of aromatic nitrogens is 2. The molecule has 0 radical (unpaired) electrons. The van der Waals surface area contributed by atoms with Gasteiger partial charge in [0.25, 0.3) is 5.56 Å². The van der Waals surface area contributed by atoms with E-state index in [9.17, 15) is 19.8 Å². The number of phenolic OH excluding ortho intramolecular Hbond substituents is 2. The van der Waals surface area contributed by atoms with Gasteiger partial charge in [-0.3, -0.25) is 14.2 Å². The molecule has 0 aliphatic heterocycles. The molecule has 0 aliphatic rings. The first-order valence-electron chi connectivity index (χ1n) is 8.61. The van der Waals surface area contributed by atoms with Crippen LogP contribution >= 0.6 is 11.8 Å². The van der Waals surface area contributed by atoms with Gasteiger partial charge in [-0.15, -0.1) is 0 Å². The molecule has 0 fully saturated rings. The van der Waals surface area contributed by atoms with Gasteiger partial charge in [-0.25, -0.2) is 4.98 Å². The summed E-state index contributed by atoms with van der Waals surface area (Å²) in [5.41, 5.74) is 0.766. The molecule has 3 rings (SSSR count). The molecule has 0 bridgehead atoms. The maximum absolute atomic E-state index is 12.9. The third-order valence-electron chi connectivity index (χ3n) is 4.44. The SMILES string of the molecule is CC[C@@H](C)n1c(SCC(=O)c2ccc(O)c(O)c2)nc2ccccc2c1=O. The fourth-order valence-corrected chi connectivity index (χ4v) is 3.70. The lowest BCUT2D eigenvalue weighted by Crippen LogP contribution is -2.26. The molecule has 27 heavy (non-hydrogen) atoms. The summed E-state index contributed by atoms with van der Waals surface area (Å²) in [5, 5.41) is 20.0. The summed E-state index contributed by atoms with van der Waals surface area (Å²) in [6.07, 6.45) is 0.757. The van der Waals surface area contributed by atoms with Gasteiger partial charge in [-0.2, -0.15) is 0 Å². The molecule has 6 nitrogen and oxygen atoms in total. The van der Waals surface area contributed by atoms with Crippen LogP contribution in [-0.2, 0) is 0 Å². The number of aromatic hydroxyl groups is 2. The van der Waals surface area contributed by atoms with E-state index in [1.807, 2.05) is 19.9 Å². The van der Waals surface area contributed by atoms with Gasteiger partial charge in [0.2, 0.25) is 0 Å². The number of hydrogen-bond donors (Lipinski definition) is 2. The topological polar surface area (TPSA) is 92.4 Å². The summed E-state index contributed by atoms with van der Waals surface area (Å²) in [6, 6.07) is 11.1. The number of nitrogens with zero attached hydrogens (tertiary/aromatic N) is 2. The Bertz CT molecular complexity index is 1060. The van der Waals surface area contributed by atoms with Crippen LogP contribution in [0.1, 0.15) is 36.7 Å². The smallest absolute Gasteiger partial charge is 0.262 e. The second kappa shape index (κ2) is 7.84. The third-order valence-corrected chi connectivity index (χ3v) is 5.39. The van der Waals surface area contributed by atoms with Crippen LogP contribution in [-0.4, -0.2) is 31.3 Å². The highest BCUT2D eigenvalue weighted by molar-refractivity contribution is 7.99. The first kappa shape index (κ1) is 19.0. The Kier molecular flexibility index (Phi) is 5.51. The van der Waals surface area contributed by atoms with Crippen molar-refractivity contribution in [2.45, 2.75) is 31.5 Å². The van der Waals surface area contributed by atoms with E-state index >= 15 is 0 Å². The van der Waals surface area contributed by atoms with Crippen LogP contribution in [0.25, 0.3) is 10.9 Å². The van der Waals surface area contributed by atoms with Gasteiger partial charge in [0.1, 0.15) is 0 Å². The van der Waals surface area contributed by atoms with E-state index < -0.39 is 0 Å². The van der Waals surface area contributed by atoms with Crippen LogP contribution in [0.5, 0.6) is 11.5 Å². The molecule has 2 N–H and O–H groups in total. The van der Waals surface area contributed by atoms with Crippen LogP contribution in [0.2, 0.25) is 0 Å². The summed E-state index contributed by atoms with van der Waals surface area (Å²) in [5.74, 6) is -0.786. The number of carbonyl (C=O) groups is 1. The van der Waals surface area contributed by atoms with Crippen molar-refractivity contribution >= 4 is 28.4 Å². The van der Waals surface area contributed by atoms with Crippen LogP contribution in [0.3, 0.4) is 0 Å². The molecule has 0 unspecified atom stereocenters. The molecule has 1 heterocycles. The highest BCUT2D eigenvalue weighted by Gasteiger charge is 2.17. The predicted octanol–water partition coefficient (Wildman–Crippen LogP) is 3.75. The zero-order chi connectivity index (χ0) is 19.6. The lowest BCUT2D eigenvalue weighted by atomic mass is 10.1. The molecule has 7 heteroatoms. The molecule has 2 aromatic carbocycles. The molecule has 3 aromatic rings. The lowest BCUT2D eigenvalue weighted by Gasteiger charge is -2.18. The first-order valence-corrected chi connectivity index (χ1v) is 9.60. The number of para-hydroxylation sites is 1. The van der Waals surface area contributed by atoms with Gasteiger partial charge in [-0.05, 0) is 43.7 Å². The van der Waals surface area contributed by atoms with E-state index in [1.165, 1.54) is 30.0 Å². The van der Waals surface area contributed by atoms with Gasteiger partial charge >= 0.3 is 0 Å². The molecule has 0 saturated carbocycles. The van der Waals surface area contributed by atoms with Gasteiger partial charge < -0.3 is 10.2 Å². The van der Waals surface area contributed by atoms with Gasteiger partial charge in [0.15, 0.2) is 22.4 Å². The molecule has 140 valence electrons. The maximum atomic E-state index is 12.9. The Hall–Kier alpha value is -2.80. The molecule has 1 aromatic heterocycles. The molecule has 0 saturated heterocycles. The minimum atomic E-state index is -0.341. The highest BCUT2D eigenvalue weighted by atomic mass is 32.2. The summed E-state index contributed by atoms with van der Waals surface area (Å²) in [7, 11) is 0. The zero-order valence-electron chi connectivity index (χ0n) is 15.0. The normalized spacial score (nSPS) is 12.2. The zero-order valence-corrected chi connectivity index (χ0v) is 15.9. The van der Waals surface area contributed by atoms with E-state index in [0.717, 1.165) is 6.42 Å². The van der Waals surface area contributed by atoms with E-state index in [2.05, 4.69) is 4.98 Å². The summed E-state index contributed by atoms with van der Waals surface area (Å²) in [4.78, 5) is 29.9. The standard InChI is InChI=1S/C20H20N2O4S/c1-3-12(2)22-19(26)14-6-4-5-7-15(14)21-20(22)27-11-18(25)13-8-9-16(23)17(24)10-13/h4-10,12,23-24H,3,11H2,1-2H3/t12-/m1/s1. The van der Waals surface area contributed by atoms with Crippen molar-refractivity contribution in [1.29, 1.82) is 0 Å². The minimum absolute atomic E-state index is 0.0510. The average molecular weight is 384 g/mol. The number of rotatable bonds is 6. The van der Waals surface area contributed by atoms with Gasteiger partial charge in [-0.1, -0.05) is 30.8 Å². The number of hydrogen-bond acceptors (Lipinski definition) is 6. The second-order valence-electron chi connectivity index (χ2n) is 6.26. The summed E-state index contributed by atoms with van der Waals surface area (Å²) < 4.78 is 1.63. The van der Waals surface area contributed by atoms with E-state index in [-0.39, 0.29) is 40.2 Å². The van der Waals surface area contributed by atoms with Crippen molar-refractivity contribution < 1.29 is 15.0 Å². The van der Waals surface area contributed by atoms with Crippen molar-refractivity contribution in [3.63, 3.8) is 0 Å². The maximum Gasteiger partial charge on any atom is 0.262 e. The van der Waals surface area contributed by atoms with Crippen molar-refractivity contribution in [3.8, 4) is 11.5 Å². The summed E-state index contributed by atoms with van der Waals surface area (Å²) in [6.45, 7) is 3.94. The molecule has 0 amide bonds. The number of Topliss-reactive ketones (excluding diaryl/α,β-unsaturated/α-hetero) is 1. The quantitative estimate of drug-likeness (QED) is 0.291. The van der Waals surface area contributed by atoms with Gasteiger partial charge in [0.05, 0.1) is 16.7 Å². The number of carbonyl (C=O) groups excluding carboxylic acids is 1.